The van der Waals surface area contributed by atoms with Gasteiger partial charge in [-0.3, -0.25) is 0 Å². The third-order valence-corrected chi connectivity index (χ3v) is 1.50. The van der Waals surface area contributed by atoms with Crippen molar-refractivity contribution in [2.45, 2.75) is 6.92 Å². The normalized spacial score (nSPS) is 8.92. The zero-order chi connectivity index (χ0) is 8.27. The second-order valence-electron chi connectivity index (χ2n) is 2.26. The predicted octanol–water partition coefficient (Wildman–Crippen LogP) is 1.95. The molecular formula is C8H12ClFN2. The van der Waals surface area contributed by atoms with Gasteiger partial charge in [0.1, 0.15) is 5.82 Å². The molecule has 4 heteroatoms. The van der Waals surface area contributed by atoms with Crippen molar-refractivity contribution in [3.63, 3.8) is 0 Å². The van der Waals surface area contributed by atoms with Crippen molar-refractivity contribution in [3.8, 4) is 0 Å². The van der Waals surface area contributed by atoms with Crippen molar-refractivity contribution in [1.82, 2.24) is 0 Å². The van der Waals surface area contributed by atoms with E-state index in [0.29, 0.717) is 6.54 Å². The maximum absolute atomic E-state index is 12.4. The fraction of sp³-hybridized carbons (Fsp3) is 0.250. The van der Waals surface area contributed by atoms with Crippen LogP contribution < -0.4 is 10.9 Å². The zero-order valence-electron chi connectivity index (χ0n) is 6.83. The van der Waals surface area contributed by atoms with E-state index < -0.39 is 0 Å². The van der Waals surface area contributed by atoms with Crippen LogP contribution in [-0.2, 0) is 0 Å². The lowest BCUT2D eigenvalue weighted by Crippen LogP contribution is -2.29. The summed E-state index contributed by atoms with van der Waals surface area (Å²) >= 11 is 0. The Labute approximate surface area is 77.5 Å². The minimum Gasteiger partial charge on any atom is -0.311 e. The monoisotopic (exact) mass is 190 g/mol. The number of halogens is 2. The molecule has 0 atom stereocenters. The van der Waals surface area contributed by atoms with Gasteiger partial charge in [0.05, 0.1) is 5.69 Å². The molecule has 1 aromatic carbocycles. The minimum absolute atomic E-state index is 0. The quantitative estimate of drug-likeness (QED) is 0.571. The molecule has 0 unspecified atom stereocenters. The number of hydrogen-bond acceptors (Lipinski definition) is 2. The molecule has 1 aromatic rings. The Balaban J connectivity index is 0.00000121. The van der Waals surface area contributed by atoms with Gasteiger partial charge in [0, 0.05) is 6.54 Å². The Morgan fingerprint density at radius 1 is 1.33 bits per heavy atom. The van der Waals surface area contributed by atoms with E-state index >= 15 is 0 Å². The second-order valence-corrected chi connectivity index (χ2v) is 2.26. The molecule has 0 spiro atoms. The van der Waals surface area contributed by atoms with Crippen molar-refractivity contribution >= 4 is 18.1 Å². The number of anilines is 1. The Bertz CT molecular complexity index is 225. The van der Waals surface area contributed by atoms with Crippen molar-refractivity contribution in [3.05, 3.63) is 30.1 Å². The van der Waals surface area contributed by atoms with Crippen LogP contribution >= 0.6 is 12.4 Å². The molecule has 0 aliphatic heterocycles. The van der Waals surface area contributed by atoms with E-state index in [1.165, 1.54) is 12.1 Å². The highest BCUT2D eigenvalue weighted by Crippen LogP contribution is 2.10. The molecule has 0 aliphatic carbocycles. The average Bonchev–Trinajstić information content (AvgIpc) is 2.05. The van der Waals surface area contributed by atoms with Gasteiger partial charge in [0.15, 0.2) is 0 Å². The number of benzene rings is 1. The van der Waals surface area contributed by atoms with Crippen LogP contribution in [0.1, 0.15) is 6.92 Å². The predicted molar refractivity (Wildman–Crippen MR) is 50.9 cm³/mol. The first-order valence-electron chi connectivity index (χ1n) is 3.52. The van der Waals surface area contributed by atoms with Gasteiger partial charge in [-0.1, -0.05) is 0 Å². The molecule has 0 bridgehead atoms. The number of hydrogen-bond donors (Lipinski definition) is 1. The van der Waals surface area contributed by atoms with E-state index in [-0.39, 0.29) is 18.2 Å². The third kappa shape index (κ3) is 2.68. The first-order chi connectivity index (χ1) is 5.24. The maximum Gasteiger partial charge on any atom is 0.123 e. The van der Waals surface area contributed by atoms with Crippen molar-refractivity contribution in [2.75, 3.05) is 11.6 Å². The van der Waals surface area contributed by atoms with Gasteiger partial charge in [-0.15, -0.1) is 12.4 Å². The largest absolute Gasteiger partial charge is 0.311 e. The second kappa shape index (κ2) is 4.95. The standard InChI is InChI=1S/C8H11FN2.ClH/c1-2-11(10)8-5-3-7(9)4-6-8;/h3-6H,2,10H2,1H3;1H. The number of nitrogens with zero attached hydrogens (tertiary/aromatic N) is 1. The van der Waals surface area contributed by atoms with Crippen LogP contribution in [0, 0.1) is 5.82 Å². The SMILES string of the molecule is CCN(N)c1ccc(F)cc1.Cl. The summed E-state index contributed by atoms with van der Waals surface area (Å²) in [5.41, 5.74) is 0.828. The van der Waals surface area contributed by atoms with Crippen LogP contribution in [0.15, 0.2) is 24.3 Å². The Kier molecular flexibility index (Phi) is 4.62. The summed E-state index contributed by atoms with van der Waals surface area (Å²) in [6.45, 7) is 2.65. The van der Waals surface area contributed by atoms with Crippen LogP contribution in [-0.4, -0.2) is 6.54 Å². The molecule has 0 amide bonds. The van der Waals surface area contributed by atoms with E-state index in [4.69, 9.17) is 5.84 Å². The van der Waals surface area contributed by atoms with Gasteiger partial charge in [0.2, 0.25) is 0 Å². The summed E-state index contributed by atoms with van der Waals surface area (Å²) < 4.78 is 12.4. The molecule has 68 valence electrons. The summed E-state index contributed by atoms with van der Waals surface area (Å²) in [6.07, 6.45) is 0. The van der Waals surface area contributed by atoms with Crippen LogP contribution in [0.2, 0.25) is 0 Å². The van der Waals surface area contributed by atoms with Crippen molar-refractivity contribution < 1.29 is 4.39 Å². The van der Waals surface area contributed by atoms with Gasteiger partial charge >= 0.3 is 0 Å². The van der Waals surface area contributed by atoms with Crippen molar-refractivity contribution in [1.29, 1.82) is 0 Å². The van der Waals surface area contributed by atoms with Gasteiger partial charge in [-0.25, -0.2) is 10.2 Å². The smallest absolute Gasteiger partial charge is 0.123 e. The molecule has 0 saturated carbocycles. The van der Waals surface area contributed by atoms with Crippen molar-refractivity contribution in [2.24, 2.45) is 5.84 Å². The Morgan fingerprint density at radius 3 is 2.25 bits per heavy atom. The molecule has 0 aromatic heterocycles. The summed E-state index contributed by atoms with van der Waals surface area (Å²) in [7, 11) is 0. The topological polar surface area (TPSA) is 29.3 Å². The summed E-state index contributed by atoms with van der Waals surface area (Å²) in [4.78, 5) is 0. The van der Waals surface area contributed by atoms with Crippen LogP contribution in [0.25, 0.3) is 0 Å². The van der Waals surface area contributed by atoms with Crippen LogP contribution in [0.3, 0.4) is 0 Å². The molecule has 2 nitrogen and oxygen atoms in total. The molecule has 0 saturated heterocycles. The molecule has 1 rings (SSSR count). The highest BCUT2D eigenvalue weighted by molar-refractivity contribution is 5.85. The minimum atomic E-state index is -0.238. The Hall–Kier alpha value is -0.800. The first-order valence-corrected chi connectivity index (χ1v) is 3.52. The van der Waals surface area contributed by atoms with Gasteiger partial charge in [-0.2, -0.15) is 0 Å². The molecule has 0 aliphatic rings. The van der Waals surface area contributed by atoms with E-state index in [1.807, 2.05) is 6.92 Å². The van der Waals surface area contributed by atoms with Gasteiger partial charge < -0.3 is 5.01 Å². The molecule has 0 fully saturated rings. The van der Waals surface area contributed by atoms with E-state index in [0.717, 1.165) is 5.69 Å². The average molecular weight is 191 g/mol. The number of rotatable bonds is 2. The summed E-state index contributed by atoms with van der Waals surface area (Å²) in [5.74, 6) is 5.32. The highest BCUT2D eigenvalue weighted by atomic mass is 35.5. The molecule has 2 N–H and O–H groups in total. The maximum atomic E-state index is 12.4. The summed E-state index contributed by atoms with van der Waals surface area (Å²) in [5, 5.41) is 1.56. The molecule has 0 radical (unpaired) electrons. The lowest BCUT2D eigenvalue weighted by Gasteiger charge is -2.15. The molecule has 12 heavy (non-hydrogen) atoms. The lowest BCUT2D eigenvalue weighted by atomic mass is 10.3. The van der Waals surface area contributed by atoms with Gasteiger partial charge in [-0.05, 0) is 31.2 Å². The highest BCUT2D eigenvalue weighted by Gasteiger charge is 1.96. The number of hydrazine groups is 1. The third-order valence-electron chi connectivity index (χ3n) is 1.50. The number of nitrogens with two attached hydrogens (primary N) is 1. The van der Waals surface area contributed by atoms with Crippen LogP contribution in [0.4, 0.5) is 10.1 Å². The van der Waals surface area contributed by atoms with Crippen LogP contribution in [0.5, 0.6) is 0 Å². The summed E-state index contributed by atoms with van der Waals surface area (Å²) in [6, 6.07) is 6.09. The Morgan fingerprint density at radius 2 is 1.83 bits per heavy atom. The van der Waals surface area contributed by atoms with E-state index in [2.05, 4.69) is 0 Å². The fourth-order valence-corrected chi connectivity index (χ4v) is 0.815. The van der Waals surface area contributed by atoms with Gasteiger partial charge in [0.25, 0.3) is 0 Å². The fourth-order valence-electron chi connectivity index (χ4n) is 0.815. The van der Waals surface area contributed by atoms with E-state index in [1.54, 1.807) is 17.1 Å². The first kappa shape index (κ1) is 11.2. The lowest BCUT2D eigenvalue weighted by molar-refractivity contribution is 0.627. The molecular weight excluding hydrogens is 179 g/mol. The zero-order valence-corrected chi connectivity index (χ0v) is 7.64. The molecule has 0 heterocycles. The van der Waals surface area contributed by atoms with E-state index in [9.17, 15) is 4.39 Å².